The molecule has 0 bridgehead atoms. The van der Waals surface area contributed by atoms with Gasteiger partial charge in [0.2, 0.25) is 0 Å². The second-order valence-corrected chi connectivity index (χ2v) is 3.14. The van der Waals surface area contributed by atoms with Crippen LogP contribution in [0.5, 0.6) is 0 Å². The number of nitrogens with zero attached hydrogens (tertiary/aromatic N) is 1. The number of rotatable bonds is 2. The number of carbonyl (C=O) groups excluding carboxylic acids is 1. The molecule has 0 spiro atoms. The minimum Gasteiger partial charge on any atom is -0.378 e. The summed E-state index contributed by atoms with van der Waals surface area (Å²) in [6.45, 7) is 3.53. The number of hydrogen-bond donors (Lipinski definition) is 1. The molecule has 10 heavy (non-hydrogen) atoms. The third-order valence-electron chi connectivity index (χ3n) is 1.14. The van der Waals surface area contributed by atoms with E-state index in [0.29, 0.717) is 11.6 Å². The summed E-state index contributed by atoms with van der Waals surface area (Å²) < 4.78 is 0. The van der Waals surface area contributed by atoms with Crippen molar-refractivity contribution >= 4 is 22.8 Å². The molecule has 0 unspecified atom stereocenters. The Bertz CT molecular complexity index is 200. The van der Waals surface area contributed by atoms with Gasteiger partial charge in [-0.3, -0.25) is 4.79 Å². The molecular formula is C6H8N2OS. The molecule has 54 valence electrons. The Kier molecular flexibility index (Phi) is 2.11. The number of hydrogen-bond acceptors (Lipinski definition) is 3. The highest BCUT2D eigenvalue weighted by Gasteiger charge is 2.24. The van der Waals surface area contributed by atoms with Crippen LogP contribution in [0.1, 0.15) is 6.42 Å². The fourth-order valence-electron chi connectivity index (χ4n) is 0.703. The summed E-state index contributed by atoms with van der Waals surface area (Å²) in [5, 5.41) is 0.259. The molecular weight excluding hydrogens is 148 g/mol. The van der Waals surface area contributed by atoms with E-state index >= 15 is 0 Å². The van der Waals surface area contributed by atoms with Gasteiger partial charge < -0.3 is 5.73 Å². The van der Waals surface area contributed by atoms with Gasteiger partial charge in [0, 0.05) is 0 Å². The van der Waals surface area contributed by atoms with E-state index in [1.807, 2.05) is 0 Å². The van der Waals surface area contributed by atoms with E-state index in [9.17, 15) is 4.79 Å². The third kappa shape index (κ3) is 1.39. The Balaban J connectivity index is 2.55. The van der Waals surface area contributed by atoms with Crippen molar-refractivity contribution in [1.29, 1.82) is 0 Å². The van der Waals surface area contributed by atoms with Gasteiger partial charge >= 0.3 is 0 Å². The van der Waals surface area contributed by atoms with E-state index in [1.165, 1.54) is 11.8 Å². The second-order valence-electron chi connectivity index (χ2n) is 1.92. The van der Waals surface area contributed by atoms with E-state index in [1.54, 1.807) is 6.08 Å². The van der Waals surface area contributed by atoms with Crippen LogP contribution in [0.15, 0.2) is 17.6 Å². The summed E-state index contributed by atoms with van der Waals surface area (Å²) in [6.07, 6.45) is 2.34. The summed E-state index contributed by atoms with van der Waals surface area (Å²) >= 11 is 1.31. The zero-order valence-corrected chi connectivity index (χ0v) is 6.23. The molecule has 0 aliphatic carbocycles. The first-order valence-electron chi connectivity index (χ1n) is 2.89. The topological polar surface area (TPSA) is 55.4 Å². The Morgan fingerprint density at radius 2 is 2.60 bits per heavy atom. The molecule has 0 saturated carbocycles. The van der Waals surface area contributed by atoms with Crippen molar-refractivity contribution in [3.05, 3.63) is 12.7 Å². The Hall–Kier alpha value is -0.770. The predicted octanol–water partition coefficient (Wildman–Crippen LogP) is 0.519. The SMILES string of the molecule is C=CC[C@@H]1SC(N)=NC1=O. The third-order valence-corrected chi connectivity index (χ3v) is 2.15. The maximum absolute atomic E-state index is 10.8. The molecule has 1 atom stereocenters. The van der Waals surface area contributed by atoms with Gasteiger partial charge in [-0.2, -0.15) is 4.99 Å². The van der Waals surface area contributed by atoms with Gasteiger partial charge in [0.1, 0.15) is 0 Å². The van der Waals surface area contributed by atoms with Crippen LogP contribution in [0.25, 0.3) is 0 Å². The fourth-order valence-corrected chi connectivity index (χ4v) is 1.52. The van der Waals surface area contributed by atoms with Crippen LogP contribution in [0, 0.1) is 0 Å². The average Bonchev–Trinajstić information content (AvgIpc) is 2.13. The van der Waals surface area contributed by atoms with Gasteiger partial charge in [-0.25, -0.2) is 0 Å². The number of thioether (sulfide) groups is 1. The molecule has 0 fully saturated rings. The summed E-state index contributed by atoms with van der Waals surface area (Å²) in [7, 11) is 0. The smallest absolute Gasteiger partial charge is 0.261 e. The minimum atomic E-state index is -0.137. The number of carbonyl (C=O) groups is 1. The van der Waals surface area contributed by atoms with Crippen LogP contribution in [0.3, 0.4) is 0 Å². The van der Waals surface area contributed by atoms with Crippen LogP contribution in [0.4, 0.5) is 0 Å². The van der Waals surface area contributed by atoms with E-state index in [-0.39, 0.29) is 11.2 Å². The Labute approximate surface area is 63.4 Å². The molecule has 1 heterocycles. The van der Waals surface area contributed by atoms with Crippen LogP contribution in [0.2, 0.25) is 0 Å². The van der Waals surface area contributed by atoms with Crippen molar-refractivity contribution < 1.29 is 4.79 Å². The number of amides is 1. The first-order chi connectivity index (χ1) is 4.74. The van der Waals surface area contributed by atoms with Crippen molar-refractivity contribution in [2.75, 3.05) is 0 Å². The van der Waals surface area contributed by atoms with Gasteiger partial charge in [0.05, 0.1) is 5.25 Å². The maximum Gasteiger partial charge on any atom is 0.261 e. The van der Waals surface area contributed by atoms with Crippen LogP contribution in [-0.4, -0.2) is 16.3 Å². The summed E-state index contributed by atoms with van der Waals surface area (Å²) in [5.41, 5.74) is 5.30. The molecule has 0 aromatic heterocycles. The molecule has 0 aromatic carbocycles. The van der Waals surface area contributed by atoms with E-state index in [2.05, 4.69) is 11.6 Å². The Morgan fingerprint density at radius 3 is 3.00 bits per heavy atom. The maximum atomic E-state index is 10.8. The number of allylic oxidation sites excluding steroid dienone is 1. The largest absolute Gasteiger partial charge is 0.378 e. The van der Waals surface area contributed by atoms with Crippen LogP contribution in [-0.2, 0) is 4.79 Å². The normalized spacial score (nSPS) is 24.6. The molecule has 2 N–H and O–H groups in total. The van der Waals surface area contributed by atoms with Crippen molar-refractivity contribution in [3.8, 4) is 0 Å². The summed E-state index contributed by atoms with van der Waals surface area (Å²) in [4.78, 5) is 14.4. The summed E-state index contributed by atoms with van der Waals surface area (Å²) in [6, 6.07) is 0. The minimum absolute atomic E-state index is 0.113. The zero-order valence-electron chi connectivity index (χ0n) is 5.41. The fraction of sp³-hybridized carbons (Fsp3) is 0.333. The molecule has 0 saturated heterocycles. The molecule has 1 amide bonds. The lowest BCUT2D eigenvalue weighted by atomic mass is 10.3. The predicted molar refractivity (Wildman–Crippen MR) is 42.8 cm³/mol. The lowest BCUT2D eigenvalue weighted by Crippen LogP contribution is -2.08. The van der Waals surface area contributed by atoms with Crippen molar-refractivity contribution in [2.45, 2.75) is 11.7 Å². The van der Waals surface area contributed by atoms with Crippen LogP contribution < -0.4 is 5.73 Å². The van der Waals surface area contributed by atoms with Gasteiger partial charge in [-0.15, -0.1) is 6.58 Å². The number of nitrogens with two attached hydrogens (primary N) is 1. The number of aliphatic imine (C=N–C) groups is 1. The quantitative estimate of drug-likeness (QED) is 0.593. The number of amidine groups is 1. The molecule has 1 aliphatic heterocycles. The molecule has 1 aliphatic rings. The molecule has 0 aromatic rings. The standard InChI is InChI=1S/C6H8N2OS/c1-2-3-4-5(9)8-6(7)10-4/h2,4H,1,3H2,(H2,7,8,9)/t4-/m0/s1. The Morgan fingerprint density at radius 1 is 1.90 bits per heavy atom. The monoisotopic (exact) mass is 156 g/mol. The van der Waals surface area contributed by atoms with Crippen molar-refractivity contribution in [2.24, 2.45) is 10.7 Å². The molecule has 4 heteroatoms. The van der Waals surface area contributed by atoms with E-state index in [4.69, 9.17) is 5.73 Å². The van der Waals surface area contributed by atoms with Gasteiger partial charge in [-0.1, -0.05) is 17.8 Å². The average molecular weight is 156 g/mol. The van der Waals surface area contributed by atoms with Gasteiger partial charge in [0.15, 0.2) is 5.17 Å². The first kappa shape index (κ1) is 7.34. The van der Waals surface area contributed by atoms with Crippen molar-refractivity contribution in [1.82, 2.24) is 0 Å². The molecule has 1 rings (SSSR count). The van der Waals surface area contributed by atoms with Crippen LogP contribution >= 0.6 is 11.8 Å². The second kappa shape index (κ2) is 2.88. The molecule has 3 nitrogen and oxygen atoms in total. The zero-order chi connectivity index (χ0) is 7.56. The van der Waals surface area contributed by atoms with E-state index in [0.717, 1.165) is 0 Å². The highest BCUT2D eigenvalue weighted by atomic mass is 32.2. The molecule has 0 radical (unpaired) electrons. The first-order valence-corrected chi connectivity index (χ1v) is 3.77. The summed E-state index contributed by atoms with van der Waals surface area (Å²) in [5.74, 6) is -0.137. The van der Waals surface area contributed by atoms with E-state index < -0.39 is 0 Å². The van der Waals surface area contributed by atoms with Crippen molar-refractivity contribution in [3.63, 3.8) is 0 Å². The van der Waals surface area contributed by atoms with Gasteiger partial charge in [0.25, 0.3) is 5.91 Å². The lowest BCUT2D eigenvalue weighted by Gasteiger charge is -1.98. The lowest BCUT2D eigenvalue weighted by molar-refractivity contribution is -0.117. The van der Waals surface area contributed by atoms with Gasteiger partial charge in [-0.05, 0) is 6.42 Å². The highest BCUT2D eigenvalue weighted by molar-refractivity contribution is 8.15. The highest BCUT2D eigenvalue weighted by Crippen LogP contribution is 2.22.